The lowest BCUT2D eigenvalue weighted by Crippen LogP contribution is -2.65. The molecule has 2 unspecified atom stereocenters. The molecule has 5 aromatic rings. The van der Waals surface area contributed by atoms with E-state index < -0.39 is 53.1 Å². The topological polar surface area (TPSA) is 170 Å². The van der Waals surface area contributed by atoms with Crippen molar-refractivity contribution in [1.82, 2.24) is 35.0 Å². The summed E-state index contributed by atoms with van der Waals surface area (Å²) in [6, 6.07) is 12.4. The summed E-state index contributed by atoms with van der Waals surface area (Å²) < 4.78 is 76.8. The Morgan fingerprint density at radius 1 is 0.935 bits per heavy atom. The van der Waals surface area contributed by atoms with E-state index in [1.54, 1.807) is 46.4 Å². The van der Waals surface area contributed by atoms with Crippen molar-refractivity contribution >= 4 is 35.0 Å². The van der Waals surface area contributed by atoms with Crippen molar-refractivity contribution in [3.8, 4) is 17.0 Å². The Kier molecular flexibility index (Phi) is 14.7. The van der Waals surface area contributed by atoms with Crippen LogP contribution in [0.2, 0.25) is 0 Å². The Bertz CT molecular complexity index is 2310. The van der Waals surface area contributed by atoms with Crippen LogP contribution in [0.1, 0.15) is 79.4 Å². The normalized spacial score (nSPS) is 16.1. The lowest BCUT2D eigenvalue weighted by atomic mass is 9.83. The molecule has 0 saturated carbocycles. The van der Waals surface area contributed by atoms with Gasteiger partial charge in [-0.2, -0.15) is 4.90 Å². The molecule has 0 aliphatic carbocycles. The largest absolute Gasteiger partial charge is 0.494 e. The Morgan fingerprint density at radius 3 is 2.21 bits per heavy atom. The van der Waals surface area contributed by atoms with Crippen LogP contribution in [0.4, 0.5) is 38.8 Å². The molecule has 19 heteroatoms. The number of piperidine rings is 1. The van der Waals surface area contributed by atoms with Gasteiger partial charge in [0.15, 0.2) is 34.4 Å². The lowest BCUT2D eigenvalue weighted by molar-refractivity contribution is -0.0658. The zero-order valence-corrected chi connectivity index (χ0v) is 36.2. The molecule has 15 nitrogen and oxygen atoms in total. The number of alkyl halides is 2. The highest BCUT2D eigenvalue weighted by Crippen LogP contribution is 2.35. The minimum Gasteiger partial charge on any atom is -0.494 e. The minimum atomic E-state index is -3.08. The number of carbonyl (C=O) groups excluding carboxylic acids is 2. The van der Waals surface area contributed by atoms with Gasteiger partial charge < -0.3 is 34.1 Å². The van der Waals surface area contributed by atoms with Gasteiger partial charge in [-0.3, -0.25) is 0 Å². The van der Waals surface area contributed by atoms with Gasteiger partial charge in [0, 0.05) is 36.8 Å². The van der Waals surface area contributed by atoms with Crippen molar-refractivity contribution in [2.24, 2.45) is 0 Å². The molecule has 6 rings (SSSR count). The Balaban J connectivity index is 0.00000358. The number of aliphatic hydroxyl groups is 1. The van der Waals surface area contributed by atoms with Gasteiger partial charge in [0.1, 0.15) is 29.5 Å². The van der Waals surface area contributed by atoms with E-state index in [1.165, 1.54) is 24.1 Å². The summed E-state index contributed by atoms with van der Waals surface area (Å²) in [6.45, 7) is 14.0. The number of imidazole rings is 1. The van der Waals surface area contributed by atoms with Crippen LogP contribution in [0.5, 0.6) is 5.75 Å². The number of hydrogen-bond donors (Lipinski definition) is 2. The first-order chi connectivity index (χ1) is 29.3. The zero-order valence-electron chi connectivity index (χ0n) is 36.2. The quantitative estimate of drug-likeness (QED) is 0.122. The molecule has 2 atom stereocenters. The van der Waals surface area contributed by atoms with E-state index in [-0.39, 0.29) is 65.9 Å². The highest BCUT2D eigenvalue weighted by molar-refractivity contribution is 6.12. The monoisotopic (exact) mass is 867 g/mol. The third-order valence-corrected chi connectivity index (χ3v) is 9.57. The highest BCUT2D eigenvalue weighted by Gasteiger charge is 2.46. The molecule has 2 N–H and O–H groups in total. The number of amides is 2. The maximum atomic E-state index is 15.5. The van der Waals surface area contributed by atoms with Gasteiger partial charge in [0.25, 0.3) is 6.43 Å². The molecule has 4 heterocycles. The summed E-state index contributed by atoms with van der Waals surface area (Å²) in [5, 5.41) is 23.0. The van der Waals surface area contributed by atoms with Gasteiger partial charge in [-0.05, 0) is 72.1 Å². The van der Waals surface area contributed by atoms with Gasteiger partial charge in [0.2, 0.25) is 0 Å². The third-order valence-electron chi connectivity index (χ3n) is 9.57. The fourth-order valence-corrected chi connectivity index (χ4v) is 6.88. The highest BCUT2D eigenvalue weighted by atomic mass is 19.3. The first-order valence-corrected chi connectivity index (χ1v) is 20.1. The third kappa shape index (κ3) is 10.9. The number of imide groups is 1. The van der Waals surface area contributed by atoms with E-state index in [1.807, 2.05) is 44.2 Å². The fourth-order valence-electron chi connectivity index (χ4n) is 6.88. The van der Waals surface area contributed by atoms with Gasteiger partial charge in [-0.25, -0.2) is 42.1 Å². The smallest absolute Gasteiger partial charge is 0.425 e. The maximum Gasteiger partial charge on any atom is 0.425 e. The number of benzene rings is 2. The van der Waals surface area contributed by atoms with E-state index in [0.717, 1.165) is 24.0 Å². The number of anilines is 2. The number of fused-ring (bicyclic) bond motifs is 1. The number of aliphatic hydroxyl groups excluding tert-OH is 1. The first kappa shape index (κ1) is 47.1. The van der Waals surface area contributed by atoms with Crippen LogP contribution in [0.25, 0.3) is 22.4 Å². The van der Waals surface area contributed by atoms with Crippen LogP contribution in [-0.2, 0) is 22.6 Å². The summed E-state index contributed by atoms with van der Waals surface area (Å²) in [5.74, 6) is -2.06. The zero-order chi connectivity index (χ0) is 45.6. The molecule has 2 amide bonds. The van der Waals surface area contributed by atoms with Crippen LogP contribution in [0.3, 0.4) is 0 Å². The lowest BCUT2D eigenvalue weighted by Gasteiger charge is -2.46. The average molecular weight is 868 g/mol. The minimum absolute atomic E-state index is 0.00318. The second-order valence-electron chi connectivity index (χ2n) is 16.4. The van der Waals surface area contributed by atoms with Crippen molar-refractivity contribution in [1.29, 1.82) is 0 Å². The summed E-state index contributed by atoms with van der Waals surface area (Å²) >= 11 is 0. The molecule has 0 bridgehead atoms. The summed E-state index contributed by atoms with van der Waals surface area (Å²) in [7, 11) is 1.20. The number of hydrogen-bond acceptors (Lipinski definition) is 13. The Morgan fingerprint density at radius 2 is 1.60 bits per heavy atom. The molecular weight excluding hydrogens is 815 g/mol. The molecule has 1 fully saturated rings. The van der Waals surface area contributed by atoms with E-state index in [2.05, 4.69) is 30.5 Å². The summed E-state index contributed by atoms with van der Waals surface area (Å²) in [5.41, 5.74) is -2.51. The number of halogens is 4. The van der Waals surface area contributed by atoms with Gasteiger partial charge >= 0.3 is 12.2 Å². The predicted molar refractivity (Wildman–Crippen MR) is 224 cm³/mol. The van der Waals surface area contributed by atoms with Crippen molar-refractivity contribution < 1.29 is 46.5 Å². The number of nitrogens with one attached hydrogen (secondary N) is 1. The molecule has 334 valence electrons. The number of rotatable bonds is 11. The van der Waals surface area contributed by atoms with Crippen molar-refractivity contribution in [3.63, 3.8) is 0 Å². The van der Waals surface area contributed by atoms with E-state index in [0.29, 0.717) is 23.4 Å². The standard InChI is InChI=1S/C41H47F4N9O6.C2H6/c1-39(2,3)59-37(56)54(38(57)60-40(4,5)6)36-31-35(46-22-47-36)53(23-48-31)20-25-16-29(26-17-28(43)30(58-7)18-27(26)42)50-51-34(25)52-15-11-14-41(21-52,32(55)33(44)45)49-19-24-12-9-8-10-13-24;1-2/h8-10,12-13,16-18,22-23,32-33,49,55H,11,14-15,19-21H2,1-7H3;1-2H3. The number of ether oxygens (including phenoxy) is 3. The Hall–Kier alpha value is -5.95. The van der Waals surface area contributed by atoms with E-state index in [9.17, 15) is 27.9 Å². The second-order valence-corrected chi connectivity index (χ2v) is 16.4. The molecule has 3 aromatic heterocycles. The maximum absolute atomic E-state index is 15.5. The average Bonchev–Trinajstić information content (AvgIpc) is 3.63. The summed E-state index contributed by atoms with van der Waals surface area (Å²) in [6.07, 6.45) is -4.25. The van der Waals surface area contributed by atoms with Gasteiger partial charge in [-0.1, -0.05) is 44.2 Å². The number of aromatic nitrogens is 6. The molecule has 62 heavy (non-hydrogen) atoms. The molecular formula is C43H53F4N9O6. The number of nitrogens with zero attached hydrogens (tertiary/aromatic N) is 8. The van der Waals surface area contributed by atoms with Gasteiger partial charge in [0.05, 0.1) is 31.2 Å². The van der Waals surface area contributed by atoms with Crippen molar-refractivity contribution in [2.75, 3.05) is 30.0 Å². The number of carbonyl (C=O) groups is 2. The SMILES string of the molecule is CC.COc1cc(F)c(-c2cc(Cn3cnc4c(N(C(=O)OC(C)(C)C)C(=O)OC(C)(C)C)ncnc43)c(N3CCCC(NCc4ccccc4)(C(O)C(F)F)C3)nn2)cc1F. The molecule has 2 aromatic carbocycles. The number of methoxy groups -OCH3 is 1. The van der Waals surface area contributed by atoms with Crippen LogP contribution in [0, 0.1) is 11.6 Å². The van der Waals surface area contributed by atoms with E-state index >= 15 is 4.39 Å². The van der Waals surface area contributed by atoms with Crippen LogP contribution in [-0.4, -0.2) is 96.5 Å². The molecule has 1 aliphatic rings. The first-order valence-electron chi connectivity index (χ1n) is 20.1. The fraction of sp³-hybridized carbons (Fsp3) is 0.465. The van der Waals surface area contributed by atoms with Crippen molar-refractivity contribution in [2.45, 2.75) is 111 Å². The van der Waals surface area contributed by atoms with Crippen LogP contribution >= 0.6 is 0 Å². The summed E-state index contributed by atoms with van der Waals surface area (Å²) in [4.78, 5) is 42.5. The van der Waals surface area contributed by atoms with Gasteiger partial charge in [-0.15, -0.1) is 10.2 Å². The predicted octanol–water partition coefficient (Wildman–Crippen LogP) is 8.08. The second kappa shape index (κ2) is 19.4. The van der Waals surface area contributed by atoms with Crippen molar-refractivity contribution in [3.05, 3.63) is 83.9 Å². The molecule has 1 aliphatic heterocycles. The molecule has 1 saturated heterocycles. The molecule has 0 spiro atoms. The van der Waals surface area contributed by atoms with Crippen LogP contribution < -0.4 is 19.9 Å². The molecule has 0 radical (unpaired) electrons. The van der Waals surface area contributed by atoms with E-state index in [4.69, 9.17) is 14.2 Å². The van der Waals surface area contributed by atoms with Crippen LogP contribution in [0.15, 0.2) is 61.2 Å². The Labute approximate surface area is 357 Å².